The Hall–Kier alpha value is -3.02. The molecule has 1 aliphatic heterocycles. The number of carboxylic acids is 1. The molecule has 0 radical (unpaired) electrons. The minimum absolute atomic E-state index is 0.0573. The Bertz CT molecular complexity index is 804. The Balaban J connectivity index is 1.80. The molecule has 2 aromatic rings. The number of aliphatic carboxylic acids is 1. The summed E-state index contributed by atoms with van der Waals surface area (Å²) in [5, 5.41) is 12.5. The average Bonchev–Trinajstić information content (AvgIpc) is 3.04. The number of ether oxygens (including phenoxy) is 1. The summed E-state index contributed by atoms with van der Waals surface area (Å²) >= 11 is 0. The van der Waals surface area contributed by atoms with Crippen LogP contribution in [-0.2, 0) is 4.79 Å². The summed E-state index contributed by atoms with van der Waals surface area (Å²) in [6, 6.07) is 14.7. The maximum Gasteiger partial charge on any atom is 0.308 e. The van der Waals surface area contributed by atoms with Gasteiger partial charge in [-0.15, -0.1) is 0 Å². The summed E-state index contributed by atoms with van der Waals surface area (Å²) in [5.41, 5.74) is 2.06. The molecular weight excluding hydrogens is 332 g/mol. The third-order valence-corrected chi connectivity index (χ3v) is 4.74. The second-order valence-electron chi connectivity index (χ2n) is 6.53. The number of carbonyl (C=O) groups is 2. The van der Waals surface area contributed by atoms with Crippen LogP contribution in [0, 0.1) is 11.8 Å². The molecule has 6 nitrogen and oxygen atoms in total. The highest BCUT2D eigenvalue weighted by Crippen LogP contribution is 2.28. The largest absolute Gasteiger partial charge is 0.497 e. The number of amides is 1. The molecular formula is C20H22N2O4. The van der Waals surface area contributed by atoms with Crippen LogP contribution < -0.4 is 10.1 Å². The Morgan fingerprint density at radius 3 is 2.42 bits per heavy atom. The smallest absolute Gasteiger partial charge is 0.308 e. The summed E-state index contributed by atoms with van der Waals surface area (Å²) in [5.74, 6) is -0.820. The molecule has 1 fully saturated rings. The van der Waals surface area contributed by atoms with Crippen molar-refractivity contribution in [3.8, 4) is 5.75 Å². The molecule has 0 bridgehead atoms. The number of para-hydroxylation sites is 1. The molecule has 3 rings (SSSR count). The van der Waals surface area contributed by atoms with Crippen molar-refractivity contribution in [2.45, 2.75) is 6.92 Å². The third kappa shape index (κ3) is 3.64. The van der Waals surface area contributed by atoms with Crippen LogP contribution in [0.15, 0.2) is 48.5 Å². The molecule has 1 heterocycles. The molecule has 0 aliphatic carbocycles. The lowest BCUT2D eigenvalue weighted by atomic mass is 9.99. The number of methoxy groups -OCH3 is 1. The van der Waals surface area contributed by atoms with Gasteiger partial charge >= 0.3 is 5.97 Å². The van der Waals surface area contributed by atoms with Gasteiger partial charge in [0, 0.05) is 18.8 Å². The molecule has 2 atom stereocenters. The van der Waals surface area contributed by atoms with Gasteiger partial charge in [0.2, 0.25) is 0 Å². The Labute approximate surface area is 152 Å². The van der Waals surface area contributed by atoms with Crippen molar-refractivity contribution in [2.75, 3.05) is 25.5 Å². The van der Waals surface area contributed by atoms with Crippen LogP contribution >= 0.6 is 0 Å². The quantitative estimate of drug-likeness (QED) is 0.862. The molecule has 1 aliphatic rings. The van der Waals surface area contributed by atoms with Crippen LogP contribution in [-0.4, -0.2) is 42.1 Å². The number of nitrogens with zero attached hydrogens (tertiary/aromatic N) is 1. The summed E-state index contributed by atoms with van der Waals surface area (Å²) in [4.78, 5) is 25.9. The minimum atomic E-state index is -0.850. The zero-order valence-electron chi connectivity index (χ0n) is 14.8. The zero-order valence-corrected chi connectivity index (χ0v) is 14.8. The highest BCUT2D eigenvalue weighted by atomic mass is 16.5. The molecule has 26 heavy (non-hydrogen) atoms. The summed E-state index contributed by atoms with van der Waals surface area (Å²) < 4.78 is 5.15. The lowest BCUT2D eigenvalue weighted by Crippen LogP contribution is -2.30. The first-order chi connectivity index (χ1) is 12.5. The van der Waals surface area contributed by atoms with E-state index in [-0.39, 0.29) is 18.4 Å². The van der Waals surface area contributed by atoms with Gasteiger partial charge < -0.3 is 20.1 Å². The number of anilines is 2. The van der Waals surface area contributed by atoms with Crippen LogP contribution in [0.4, 0.5) is 11.4 Å². The molecule has 0 aromatic heterocycles. The predicted molar refractivity (Wildman–Crippen MR) is 98.9 cm³/mol. The van der Waals surface area contributed by atoms with E-state index in [9.17, 15) is 14.7 Å². The number of likely N-dealkylation sites (tertiary alicyclic amines) is 1. The maximum absolute atomic E-state index is 12.9. The van der Waals surface area contributed by atoms with Crippen LogP contribution in [0.2, 0.25) is 0 Å². The number of rotatable bonds is 5. The summed E-state index contributed by atoms with van der Waals surface area (Å²) in [7, 11) is 1.61. The van der Waals surface area contributed by atoms with E-state index in [2.05, 4.69) is 5.32 Å². The summed E-state index contributed by atoms with van der Waals surface area (Å²) in [6.45, 7) is 2.56. The number of hydrogen-bond donors (Lipinski definition) is 2. The van der Waals surface area contributed by atoms with Gasteiger partial charge in [-0.2, -0.15) is 0 Å². The predicted octanol–water partition coefficient (Wildman–Crippen LogP) is 3.23. The van der Waals surface area contributed by atoms with Crippen LogP contribution in [0.25, 0.3) is 0 Å². The molecule has 0 spiro atoms. The van der Waals surface area contributed by atoms with E-state index in [0.29, 0.717) is 17.8 Å². The fraction of sp³-hybridized carbons (Fsp3) is 0.300. The number of carbonyl (C=O) groups excluding carboxylic acids is 1. The van der Waals surface area contributed by atoms with E-state index < -0.39 is 11.9 Å². The fourth-order valence-electron chi connectivity index (χ4n) is 3.23. The first-order valence-corrected chi connectivity index (χ1v) is 8.51. The molecule has 136 valence electrons. The van der Waals surface area contributed by atoms with Gasteiger partial charge in [0.1, 0.15) is 5.75 Å². The lowest BCUT2D eigenvalue weighted by Gasteiger charge is -2.19. The second-order valence-corrected chi connectivity index (χ2v) is 6.53. The zero-order chi connectivity index (χ0) is 18.7. The Morgan fingerprint density at radius 1 is 1.12 bits per heavy atom. The van der Waals surface area contributed by atoms with Gasteiger partial charge in [-0.05, 0) is 42.3 Å². The molecule has 2 N–H and O–H groups in total. The van der Waals surface area contributed by atoms with E-state index in [1.807, 2.05) is 43.3 Å². The van der Waals surface area contributed by atoms with Gasteiger partial charge in [0.25, 0.3) is 5.91 Å². The average molecular weight is 354 g/mol. The van der Waals surface area contributed by atoms with Gasteiger partial charge in [-0.3, -0.25) is 9.59 Å². The van der Waals surface area contributed by atoms with Crippen molar-refractivity contribution < 1.29 is 19.4 Å². The van der Waals surface area contributed by atoms with Crippen molar-refractivity contribution in [3.63, 3.8) is 0 Å². The molecule has 2 aromatic carbocycles. The normalized spacial score (nSPS) is 19.2. The SMILES string of the molecule is COc1ccc(Nc2ccccc2C(=O)N2C[C@@H](C)[C@H](C(=O)O)C2)cc1. The van der Waals surface area contributed by atoms with E-state index in [4.69, 9.17) is 4.74 Å². The maximum atomic E-state index is 12.9. The Kier molecular flexibility index (Phi) is 5.11. The standard InChI is InChI=1S/C20H22N2O4/c1-13-11-22(12-17(13)20(24)25)19(23)16-5-3-4-6-18(16)21-14-7-9-15(26-2)10-8-14/h3-10,13,17,21H,11-12H2,1-2H3,(H,24,25)/t13-,17-/m1/s1. The van der Waals surface area contributed by atoms with Gasteiger partial charge in [0.05, 0.1) is 24.3 Å². The van der Waals surface area contributed by atoms with Crippen molar-refractivity contribution in [3.05, 3.63) is 54.1 Å². The highest BCUT2D eigenvalue weighted by Gasteiger charge is 2.37. The highest BCUT2D eigenvalue weighted by molar-refractivity contribution is 6.00. The molecule has 0 saturated carbocycles. The van der Waals surface area contributed by atoms with Crippen molar-refractivity contribution >= 4 is 23.3 Å². The first kappa shape index (κ1) is 17.8. The van der Waals surface area contributed by atoms with Crippen LogP contribution in [0.3, 0.4) is 0 Å². The molecule has 1 saturated heterocycles. The van der Waals surface area contributed by atoms with E-state index in [0.717, 1.165) is 11.4 Å². The van der Waals surface area contributed by atoms with E-state index in [1.165, 1.54) is 0 Å². The lowest BCUT2D eigenvalue weighted by molar-refractivity contribution is -0.142. The van der Waals surface area contributed by atoms with Gasteiger partial charge in [-0.1, -0.05) is 19.1 Å². The van der Waals surface area contributed by atoms with Crippen molar-refractivity contribution in [2.24, 2.45) is 11.8 Å². The number of hydrogen-bond acceptors (Lipinski definition) is 4. The monoisotopic (exact) mass is 354 g/mol. The van der Waals surface area contributed by atoms with Crippen LogP contribution in [0.1, 0.15) is 17.3 Å². The first-order valence-electron chi connectivity index (χ1n) is 8.51. The van der Waals surface area contributed by atoms with E-state index >= 15 is 0 Å². The van der Waals surface area contributed by atoms with E-state index in [1.54, 1.807) is 24.1 Å². The molecule has 0 unspecified atom stereocenters. The molecule has 6 heteroatoms. The van der Waals surface area contributed by atoms with Crippen molar-refractivity contribution in [1.82, 2.24) is 4.90 Å². The minimum Gasteiger partial charge on any atom is -0.497 e. The fourth-order valence-corrected chi connectivity index (χ4v) is 3.23. The molecule has 1 amide bonds. The number of carboxylic acid groups (broad SMARTS) is 1. The summed E-state index contributed by atoms with van der Waals surface area (Å²) in [6.07, 6.45) is 0. The Morgan fingerprint density at radius 2 is 1.81 bits per heavy atom. The van der Waals surface area contributed by atoms with Crippen LogP contribution in [0.5, 0.6) is 5.75 Å². The van der Waals surface area contributed by atoms with Crippen molar-refractivity contribution in [1.29, 1.82) is 0 Å². The number of benzene rings is 2. The van der Waals surface area contributed by atoms with Gasteiger partial charge in [-0.25, -0.2) is 0 Å². The topological polar surface area (TPSA) is 78.9 Å². The second kappa shape index (κ2) is 7.47. The third-order valence-electron chi connectivity index (χ3n) is 4.74. The number of nitrogens with one attached hydrogen (secondary N) is 1. The van der Waals surface area contributed by atoms with Gasteiger partial charge in [0.15, 0.2) is 0 Å².